The van der Waals surface area contributed by atoms with Crippen molar-refractivity contribution in [3.05, 3.63) is 59.2 Å². The lowest BCUT2D eigenvalue weighted by Gasteiger charge is -2.27. The summed E-state index contributed by atoms with van der Waals surface area (Å²) in [7, 11) is 1.70. The molecule has 1 aliphatic rings. The van der Waals surface area contributed by atoms with Gasteiger partial charge in [0.2, 0.25) is 0 Å². The van der Waals surface area contributed by atoms with Crippen molar-refractivity contribution in [2.24, 2.45) is 5.10 Å². The predicted octanol–water partition coefficient (Wildman–Crippen LogP) is 3.55. The van der Waals surface area contributed by atoms with Crippen LogP contribution in [0.3, 0.4) is 0 Å². The summed E-state index contributed by atoms with van der Waals surface area (Å²) in [5.41, 5.74) is 8.08. The molecule has 0 radical (unpaired) electrons. The van der Waals surface area contributed by atoms with Gasteiger partial charge in [-0.15, -0.1) is 0 Å². The third-order valence-electron chi connectivity index (χ3n) is 4.83. The second-order valence-corrected chi connectivity index (χ2v) is 7.45. The minimum Gasteiger partial charge on any atom is -0.496 e. The quantitative estimate of drug-likeness (QED) is 0.430. The molecule has 0 aliphatic carbocycles. The zero-order chi connectivity index (χ0) is 20.6. The van der Waals surface area contributed by atoms with E-state index in [2.05, 4.69) is 33.7 Å². The first-order valence-corrected chi connectivity index (χ1v) is 10.1. The monoisotopic (exact) mass is 412 g/mol. The Kier molecular flexibility index (Phi) is 7.57. The van der Waals surface area contributed by atoms with Gasteiger partial charge in [0.25, 0.3) is 0 Å². The number of ether oxygens (including phenoxy) is 2. The number of benzene rings is 2. The molecule has 29 heavy (non-hydrogen) atoms. The molecule has 2 aromatic carbocycles. The first kappa shape index (κ1) is 21.2. The Morgan fingerprint density at radius 1 is 1.17 bits per heavy atom. The second-order valence-electron chi connectivity index (χ2n) is 7.04. The van der Waals surface area contributed by atoms with Crippen LogP contribution in [0.15, 0.2) is 47.6 Å². The highest BCUT2D eigenvalue weighted by Gasteiger charge is 2.14. The van der Waals surface area contributed by atoms with E-state index in [1.54, 1.807) is 7.11 Å². The summed E-state index contributed by atoms with van der Waals surface area (Å²) in [4.78, 5) is 2.37. The molecule has 0 bridgehead atoms. The summed E-state index contributed by atoms with van der Waals surface area (Å²) in [5, 5.41) is 8.03. The molecular weight excluding hydrogens is 384 g/mol. The summed E-state index contributed by atoms with van der Waals surface area (Å²) in [6, 6.07) is 14.2. The maximum absolute atomic E-state index is 5.55. The average Bonchev–Trinajstić information content (AvgIpc) is 2.74. The van der Waals surface area contributed by atoms with Gasteiger partial charge in [-0.25, -0.2) is 0 Å². The summed E-state index contributed by atoms with van der Waals surface area (Å²) in [5.74, 6) is 0.887. The number of thiocarbonyl (C=S) groups is 1. The van der Waals surface area contributed by atoms with Crippen LogP contribution in [0, 0.1) is 6.92 Å². The van der Waals surface area contributed by atoms with Gasteiger partial charge < -0.3 is 14.8 Å². The van der Waals surface area contributed by atoms with Gasteiger partial charge in [0.05, 0.1) is 26.0 Å². The van der Waals surface area contributed by atoms with E-state index in [0.717, 1.165) is 61.1 Å². The van der Waals surface area contributed by atoms with Crippen LogP contribution in [0.5, 0.6) is 5.75 Å². The lowest BCUT2D eigenvalue weighted by molar-refractivity contribution is 0.0339. The Morgan fingerprint density at radius 2 is 1.90 bits per heavy atom. The first-order valence-electron chi connectivity index (χ1n) is 9.70. The molecule has 7 heteroatoms. The first-order chi connectivity index (χ1) is 14.0. The molecule has 0 aromatic heterocycles. The van der Waals surface area contributed by atoms with E-state index >= 15 is 0 Å². The van der Waals surface area contributed by atoms with Gasteiger partial charge in [0.15, 0.2) is 5.11 Å². The van der Waals surface area contributed by atoms with E-state index in [1.807, 2.05) is 43.3 Å². The average molecular weight is 413 g/mol. The van der Waals surface area contributed by atoms with Crippen LogP contribution in [0.1, 0.15) is 23.6 Å². The SMILES string of the molecule is COc1ccc(/C(C)=N\NC(=S)Nc2ccc(C)cc2)cc1CN1CCOCC1. The van der Waals surface area contributed by atoms with Crippen molar-refractivity contribution in [1.29, 1.82) is 0 Å². The molecule has 1 saturated heterocycles. The molecule has 2 aromatic rings. The number of hydrogen-bond acceptors (Lipinski definition) is 5. The number of nitrogens with one attached hydrogen (secondary N) is 2. The highest BCUT2D eigenvalue weighted by atomic mass is 32.1. The standard InChI is InChI=1S/C22H28N4O2S/c1-16-4-7-20(8-5-16)23-22(29)25-24-17(2)18-6-9-21(27-3)19(14-18)15-26-10-12-28-13-11-26/h4-9,14H,10-13,15H2,1-3H3,(H2,23,25,29)/b24-17-. The molecule has 0 amide bonds. The number of morpholine rings is 1. The van der Waals surface area contributed by atoms with Crippen LogP contribution in [-0.2, 0) is 11.3 Å². The van der Waals surface area contributed by atoms with E-state index in [0.29, 0.717) is 5.11 Å². The Bertz CT molecular complexity index is 862. The maximum atomic E-state index is 5.55. The number of methoxy groups -OCH3 is 1. The van der Waals surface area contributed by atoms with E-state index in [-0.39, 0.29) is 0 Å². The number of hydrazone groups is 1. The molecule has 0 atom stereocenters. The summed E-state index contributed by atoms with van der Waals surface area (Å²) < 4.78 is 11.0. The number of hydrogen-bond donors (Lipinski definition) is 2. The molecule has 0 unspecified atom stereocenters. The molecule has 1 aliphatic heterocycles. The van der Waals surface area contributed by atoms with Crippen LogP contribution in [0.2, 0.25) is 0 Å². The van der Waals surface area contributed by atoms with Gasteiger partial charge >= 0.3 is 0 Å². The van der Waals surface area contributed by atoms with Crippen molar-refractivity contribution in [2.75, 3.05) is 38.7 Å². The third-order valence-corrected chi connectivity index (χ3v) is 5.02. The lowest BCUT2D eigenvalue weighted by atomic mass is 10.1. The summed E-state index contributed by atoms with van der Waals surface area (Å²) in [6.45, 7) is 8.25. The fourth-order valence-corrected chi connectivity index (χ4v) is 3.29. The zero-order valence-electron chi connectivity index (χ0n) is 17.2. The molecule has 154 valence electrons. The fraction of sp³-hybridized carbons (Fsp3) is 0.364. The molecular formula is C22H28N4O2S. The number of aryl methyl sites for hydroxylation is 1. The molecule has 0 spiro atoms. The Balaban J connectivity index is 1.65. The minimum atomic E-state index is 0.454. The van der Waals surface area contributed by atoms with E-state index in [9.17, 15) is 0 Å². The smallest absolute Gasteiger partial charge is 0.191 e. The third kappa shape index (κ3) is 6.25. The number of rotatable bonds is 6. The predicted molar refractivity (Wildman–Crippen MR) is 122 cm³/mol. The Labute approximate surface area is 177 Å². The minimum absolute atomic E-state index is 0.454. The zero-order valence-corrected chi connectivity index (χ0v) is 18.0. The van der Waals surface area contributed by atoms with Crippen molar-refractivity contribution >= 4 is 28.7 Å². The molecule has 2 N–H and O–H groups in total. The molecule has 0 saturated carbocycles. The van der Waals surface area contributed by atoms with Crippen molar-refractivity contribution in [1.82, 2.24) is 10.3 Å². The topological polar surface area (TPSA) is 58.1 Å². The van der Waals surface area contributed by atoms with Crippen LogP contribution < -0.4 is 15.5 Å². The van der Waals surface area contributed by atoms with Crippen LogP contribution in [0.4, 0.5) is 5.69 Å². The molecule has 6 nitrogen and oxygen atoms in total. The van der Waals surface area contributed by atoms with Gasteiger partial charge in [0.1, 0.15) is 5.75 Å². The van der Waals surface area contributed by atoms with Crippen molar-refractivity contribution in [2.45, 2.75) is 20.4 Å². The van der Waals surface area contributed by atoms with E-state index in [1.165, 1.54) is 5.56 Å². The van der Waals surface area contributed by atoms with Gasteiger partial charge in [-0.3, -0.25) is 10.3 Å². The fourth-order valence-electron chi connectivity index (χ4n) is 3.12. The van der Waals surface area contributed by atoms with Crippen LogP contribution >= 0.6 is 12.2 Å². The van der Waals surface area contributed by atoms with E-state index < -0.39 is 0 Å². The highest BCUT2D eigenvalue weighted by molar-refractivity contribution is 7.80. The lowest BCUT2D eigenvalue weighted by Crippen LogP contribution is -2.35. The number of nitrogens with zero attached hydrogens (tertiary/aromatic N) is 2. The van der Waals surface area contributed by atoms with Gasteiger partial charge in [-0.05, 0) is 62.0 Å². The molecule has 1 fully saturated rings. The second kappa shape index (κ2) is 10.3. The highest BCUT2D eigenvalue weighted by Crippen LogP contribution is 2.22. The van der Waals surface area contributed by atoms with Crippen molar-refractivity contribution in [3.63, 3.8) is 0 Å². The van der Waals surface area contributed by atoms with Crippen molar-refractivity contribution in [3.8, 4) is 5.75 Å². The maximum Gasteiger partial charge on any atom is 0.191 e. The summed E-state index contributed by atoms with van der Waals surface area (Å²) >= 11 is 5.34. The van der Waals surface area contributed by atoms with Gasteiger partial charge in [-0.1, -0.05) is 17.7 Å². The largest absolute Gasteiger partial charge is 0.496 e. The van der Waals surface area contributed by atoms with Crippen LogP contribution in [0.25, 0.3) is 0 Å². The van der Waals surface area contributed by atoms with Gasteiger partial charge in [0, 0.05) is 30.9 Å². The molecule has 1 heterocycles. The van der Waals surface area contributed by atoms with E-state index in [4.69, 9.17) is 21.7 Å². The summed E-state index contributed by atoms with van der Waals surface area (Å²) in [6.07, 6.45) is 0. The van der Waals surface area contributed by atoms with Gasteiger partial charge in [-0.2, -0.15) is 5.10 Å². The Morgan fingerprint density at radius 3 is 2.59 bits per heavy atom. The molecule has 3 rings (SSSR count). The normalized spacial score (nSPS) is 15.1. The number of anilines is 1. The Hall–Kier alpha value is -2.48. The van der Waals surface area contributed by atoms with Crippen molar-refractivity contribution < 1.29 is 9.47 Å². The van der Waals surface area contributed by atoms with Crippen LogP contribution in [-0.4, -0.2) is 49.1 Å².